The number of aromatic nitrogens is 3. The lowest BCUT2D eigenvalue weighted by atomic mass is 9.57. The fourth-order valence-corrected chi connectivity index (χ4v) is 6.80. The molecule has 1 N–H and O–H groups in total. The van der Waals surface area contributed by atoms with E-state index in [9.17, 15) is 26.7 Å². The number of benzene rings is 2. The van der Waals surface area contributed by atoms with Crippen LogP contribution in [0.2, 0.25) is 0 Å². The van der Waals surface area contributed by atoms with Gasteiger partial charge in [0.05, 0.1) is 12.1 Å². The molecule has 0 bridgehead atoms. The number of amides is 1. The van der Waals surface area contributed by atoms with E-state index in [1.807, 2.05) is 0 Å². The molecule has 0 saturated heterocycles. The summed E-state index contributed by atoms with van der Waals surface area (Å²) < 4.78 is 73.1. The Morgan fingerprint density at radius 3 is 2.36 bits per heavy atom. The van der Waals surface area contributed by atoms with Crippen LogP contribution in [0.15, 0.2) is 42.7 Å². The number of hydrogen-bond acceptors (Lipinski definition) is 4. The summed E-state index contributed by atoms with van der Waals surface area (Å²) in [6.07, 6.45) is -1.76. The first kappa shape index (κ1) is 28.8. The van der Waals surface area contributed by atoms with Crippen LogP contribution in [-0.4, -0.2) is 32.1 Å². The van der Waals surface area contributed by atoms with Crippen molar-refractivity contribution in [2.45, 2.75) is 89.0 Å². The largest absolute Gasteiger partial charge is 0.416 e. The van der Waals surface area contributed by atoms with E-state index in [0.29, 0.717) is 22.6 Å². The van der Waals surface area contributed by atoms with Gasteiger partial charge in [0.2, 0.25) is 5.92 Å². The van der Waals surface area contributed by atoms with Crippen LogP contribution in [0.25, 0.3) is 0 Å². The molecule has 2 aromatic carbocycles. The molecule has 1 unspecified atom stereocenters. The van der Waals surface area contributed by atoms with Crippen molar-refractivity contribution in [1.29, 1.82) is 0 Å². The van der Waals surface area contributed by atoms with Gasteiger partial charge in [0, 0.05) is 55.1 Å². The number of hydrogen-bond donors (Lipinski definition) is 1. The first-order valence-corrected chi connectivity index (χ1v) is 14.1. The van der Waals surface area contributed by atoms with E-state index in [1.54, 1.807) is 41.9 Å². The van der Waals surface area contributed by atoms with Gasteiger partial charge in [-0.3, -0.25) is 4.79 Å². The van der Waals surface area contributed by atoms with Crippen molar-refractivity contribution in [3.63, 3.8) is 0 Å². The van der Waals surface area contributed by atoms with Crippen molar-refractivity contribution in [3.8, 4) is 0 Å². The predicted octanol–water partition coefficient (Wildman–Crippen LogP) is 6.57. The standard InChI is InChI=1S/C31H34F5N5O/c1-27(2)8-9-28(27,3)37-14-19-10-22-23(24(11-19)31(34,35)36)15-41(26(22)42)21-7-5-6-20(12-21)29(16-30(32,33)17-29)13-25-39-38-18-40(25)4/h5-7,10-12,18,37H,8-9,13-17H2,1-4H3. The first-order valence-electron chi connectivity index (χ1n) is 14.1. The quantitative estimate of drug-likeness (QED) is 0.318. The second-order valence-corrected chi connectivity index (χ2v) is 13.2. The van der Waals surface area contributed by atoms with Gasteiger partial charge in [-0.25, -0.2) is 8.78 Å². The molecular formula is C31H34F5N5O. The van der Waals surface area contributed by atoms with Crippen molar-refractivity contribution in [3.05, 3.63) is 76.4 Å². The molecule has 224 valence electrons. The Morgan fingerprint density at radius 1 is 1.05 bits per heavy atom. The van der Waals surface area contributed by atoms with E-state index in [2.05, 4.69) is 36.3 Å². The number of fused-ring (bicyclic) bond motifs is 1. The van der Waals surface area contributed by atoms with Crippen LogP contribution in [0.5, 0.6) is 0 Å². The number of halogens is 5. The Morgan fingerprint density at radius 2 is 1.79 bits per heavy atom. The molecular weight excluding hydrogens is 553 g/mol. The number of carbonyl (C=O) groups is 1. The molecule has 3 aromatic rings. The third-order valence-electron chi connectivity index (χ3n) is 10.1. The fourth-order valence-electron chi connectivity index (χ4n) is 6.80. The third-order valence-corrected chi connectivity index (χ3v) is 10.1. The highest BCUT2D eigenvalue weighted by molar-refractivity contribution is 6.10. The molecule has 1 aromatic heterocycles. The zero-order valence-corrected chi connectivity index (χ0v) is 24.1. The van der Waals surface area contributed by atoms with Gasteiger partial charge in [-0.2, -0.15) is 13.2 Å². The van der Waals surface area contributed by atoms with Crippen molar-refractivity contribution in [2.24, 2.45) is 12.5 Å². The molecule has 6 nitrogen and oxygen atoms in total. The number of nitrogens with one attached hydrogen (secondary N) is 1. The van der Waals surface area contributed by atoms with E-state index < -0.39 is 41.8 Å². The second kappa shape index (κ2) is 9.33. The summed E-state index contributed by atoms with van der Waals surface area (Å²) in [5.74, 6) is -2.83. The summed E-state index contributed by atoms with van der Waals surface area (Å²) in [6, 6.07) is 9.38. The smallest absolute Gasteiger partial charge is 0.321 e. The zero-order valence-electron chi connectivity index (χ0n) is 24.1. The molecule has 6 rings (SSSR count). The fraction of sp³-hybridized carbons (Fsp3) is 0.516. The van der Waals surface area contributed by atoms with Gasteiger partial charge in [-0.05, 0) is 66.1 Å². The summed E-state index contributed by atoms with van der Waals surface area (Å²) in [5, 5.41) is 11.4. The molecule has 0 spiro atoms. The lowest BCUT2D eigenvalue weighted by Gasteiger charge is -2.55. The molecule has 2 fully saturated rings. The van der Waals surface area contributed by atoms with Crippen LogP contribution in [0, 0.1) is 5.41 Å². The molecule has 1 atom stereocenters. The van der Waals surface area contributed by atoms with Crippen molar-refractivity contribution >= 4 is 11.6 Å². The van der Waals surface area contributed by atoms with Crippen LogP contribution < -0.4 is 10.2 Å². The number of alkyl halides is 5. The monoisotopic (exact) mass is 587 g/mol. The zero-order chi connectivity index (χ0) is 30.3. The maximum absolute atomic E-state index is 14.3. The molecule has 0 radical (unpaired) electrons. The van der Waals surface area contributed by atoms with Crippen molar-refractivity contribution in [2.75, 3.05) is 4.90 Å². The summed E-state index contributed by atoms with van der Waals surface area (Å²) in [4.78, 5) is 15.0. The van der Waals surface area contributed by atoms with Crippen LogP contribution in [0.3, 0.4) is 0 Å². The number of carbonyl (C=O) groups excluding carboxylic acids is 1. The van der Waals surface area contributed by atoms with Crippen molar-refractivity contribution < 1.29 is 26.7 Å². The highest BCUT2D eigenvalue weighted by Gasteiger charge is 2.58. The van der Waals surface area contributed by atoms with E-state index in [-0.39, 0.29) is 41.6 Å². The van der Waals surface area contributed by atoms with Crippen LogP contribution in [0.4, 0.5) is 27.6 Å². The van der Waals surface area contributed by atoms with Gasteiger partial charge in [-0.15, -0.1) is 10.2 Å². The molecule has 11 heteroatoms. The summed E-state index contributed by atoms with van der Waals surface area (Å²) in [6.45, 7) is 6.29. The number of aryl methyl sites for hydroxylation is 1. The van der Waals surface area contributed by atoms with Gasteiger partial charge in [-0.1, -0.05) is 26.0 Å². The van der Waals surface area contributed by atoms with Gasteiger partial charge in [0.15, 0.2) is 0 Å². The lowest BCUT2D eigenvalue weighted by molar-refractivity contribution is -0.138. The van der Waals surface area contributed by atoms with Crippen molar-refractivity contribution in [1.82, 2.24) is 20.1 Å². The summed E-state index contributed by atoms with van der Waals surface area (Å²) >= 11 is 0. The molecule has 3 aliphatic rings. The highest BCUT2D eigenvalue weighted by Crippen LogP contribution is 2.55. The molecule has 2 aliphatic carbocycles. The minimum absolute atomic E-state index is 0.0167. The van der Waals surface area contributed by atoms with Gasteiger partial charge in [0.1, 0.15) is 12.2 Å². The molecule has 1 aliphatic heterocycles. The molecule has 1 amide bonds. The van der Waals surface area contributed by atoms with Crippen LogP contribution >= 0.6 is 0 Å². The van der Waals surface area contributed by atoms with E-state index >= 15 is 0 Å². The average Bonchev–Trinajstić information content (AvgIpc) is 3.46. The van der Waals surface area contributed by atoms with Crippen LogP contribution in [0.1, 0.15) is 84.9 Å². The maximum atomic E-state index is 14.3. The van der Waals surface area contributed by atoms with Gasteiger partial charge < -0.3 is 14.8 Å². The predicted molar refractivity (Wildman–Crippen MR) is 147 cm³/mol. The normalized spacial score (nSPS) is 23.8. The Labute approximate surface area is 241 Å². The van der Waals surface area contributed by atoms with E-state index in [0.717, 1.165) is 18.9 Å². The SMILES string of the molecule is Cn1cnnc1CC1(c2cccc(N3Cc4c(cc(CNC5(C)CCC5(C)C)cc4C(F)(F)F)C3=O)c2)CC(F)(F)C1. The second-order valence-electron chi connectivity index (χ2n) is 13.2. The van der Waals surface area contributed by atoms with Gasteiger partial charge >= 0.3 is 6.18 Å². The topological polar surface area (TPSA) is 63.1 Å². The Hall–Kier alpha value is -3.34. The minimum atomic E-state index is -4.64. The number of rotatable bonds is 7. The first-order chi connectivity index (χ1) is 19.5. The lowest BCUT2D eigenvalue weighted by Crippen LogP contribution is -2.60. The van der Waals surface area contributed by atoms with E-state index in [4.69, 9.17) is 0 Å². The molecule has 42 heavy (non-hydrogen) atoms. The Kier molecular flexibility index (Phi) is 6.39. The minimum Gasteiger partial charge on any atom is -0.321 e. The van der Waals surface area contributed by atoms with Crippen LogP contribution in [-0.2, 0) is 38.1 Å². The van der Waals surface area contributed by atoms with Gasteiger partial charge in [0.25, 0.3) is 5.91 Å². The Bertz CT molecular complexity index is 1550. The number of anilines is 1. The summed E-state index contributed by atoms with van der Waals surface area (Å²) in [7, 11) is 1.74. The average molecular weight is 588 g/mol. The highest BCUT2D eigenvalue weighted by atomic mass is 19.4. The number of nitrogens with zero attached hydrogens (tertiary/aromatic N) is 4. The van der Waals surface area contributed by atoms with E-state index in [1.165, 1.54) is 11.2 Å². The summed E-state index contributed by atoms with van der Waals surface area (Å²) in [5.41, 5.74) is -0.629. The maximum Gasteiger partial charge on any atom is 0.416 e. The molecule has 2 saturated carbocycles. The molecule has 2 heterocycles. The Balaban J connectivity index is 1.31. The third kappa shape index (κ3) is 4.69.